The Labute approximate surface area is 202 Å². The molecule has 0 bridgehead atoms. The molecule has 0 aliphatic carbocycles. The summed E-state index contributed by atoms with van der Waals surface area (Å²) in [7, 11) is 1.61. The number of benzene rings is 2. The highest BCUT2D eigenvalue weighted by atomic mass is 127. The fourth-order valence-electron chi connectivity index (χ4n) is 2.79. The molecule has 0 saturated carbocycles. The van der Waals surface area contributed by atoms with Crippen LogP contribution in [0.4, 0.5) is 13.2 Å². The molecule has 0 unspecified atom stereocenters. The van der Waals surface area contributed by atoms with Gasteiger partial charge in [0.25, 0.3) is 0 Å². The molecule has 0 spiro atoms. The molecule has 170 valence electrons. The fraction of sp³-hybridized carbons (Fsp3) is 0.217. The van der Waals surface area contributed by atoms with Crippen LogP contribution >= 0.6 is 24.0 Å². The van der Waals surface area contributed by atoms with Crippen LogP contribution in [0.25, 0.3) is 0 Å². The van der Waals surface area contributed by atoms with Crippen LogP contribution in [0.1, 0.15) is 22.4 Å². The number of aromatic nitrogens is 1. The Morgan fingerprint density at radius 3 is 2.28 bits per heavy atom. The van der Waals surface area contributed by atoms with E-state index in [-0.39, 0.29) is 30.5 Å². The lowest BCUT2D eigenvalue weighted by molar-refractivity contribution is -0.137. The lowest BCUT2D eigenvalue weighted by Crippen LogP contribution is -2.36. The van der Waals surface area contributed by atoms with Gasteiger partial charge in [0.2, 0.25) is 0 Å². The highest BCUT2D eigenvalue weighted by molar-refractivity contribution is 14.0. The third-order valence-corrected chi connectivity index (χ3v) is 4.43. The standard InChI is InChI=1S/C23H23F3N4O.HI/c1-27-22(30-15-18-5-4-6-19(13-18)23(24,25)26)29-14-17-8-10-21(11-9-17)31-16-20-7-2-3-12-28-20;/h2-13H,14-16H2,1H3,(H2,27,29,30);1H. The zero-order valence-electron chi connectivity index (χ0n) is 17.4. The molecule has 5 nitrogen and oxygen atoms in total. The molecule has 0 atom stereocenters. The molecule has 0 aliphatic rings. The molecule has 0 fully saturated rings. The highest BCUT2D eigenvalue weighted by Crippen LogP contribution is 2.29. The average Bonchev–Trinajstić information content (AvgIpc) is 2.79. The lowest BCUT2D eigenvalue weighted by Gasteiger charge is -2.13. The minimum Gasteiger partial charge on any atom is -0.487 e. The number of nitrogens with zero attached hydrogens (tertiary/aromatic N) is 2. The van der Waals surface area contributed by atoms with Gasteiger partial charge < -0.3 is 15.4 Å². The van der Waals surface area contributed by atoms with Gasteiger partial charge in [0.15, 0.2) is 5.96 Å². The van der Waals surface area contributed by atoms with Gasteiger partial charge in [0.05, 0.1) is 11.3 Å². The van der Waals surface area contributed by atoms with Gasteiger partial charge in [-0.25, -0.2) is 0 Å². The van der Waals surface area contributed by atoms with Gasteiger partial charge in [-0.2, -0.15) is 13.2 Å². The van der Waals surface area contributed by atoms with Crippen LogP contribution in [-0.2, 0) is 25.9 Å². The Bertz CT molecular complexity index is 996. The summed E-state index contributed by atoms with van der Waals surface area (Å²) in [5.41, 5.74) is 1.71. The summed E-state index contributed by atoms with van der Waals surface area (Å²) in [6.07, 6.45) is -2.63. The van der Waals surface area contributed by atoms with Crippen molar-refractivity contribution >= 4 is 29.9 Å². The number of hydrogen-bond acceptors (Lipinski definition) is 3. The second-order valence-electron chi connectivity index (χ2n) is 6.73. The van der Waals surface area contributed by atoms with Crippen LogP contribution in [-0.4, -0.2) is 18.0 Å². The average molecular weight is 556 g/mol. The van der Waals surface area contributed by atoms with Crippen molar-refractivity contribution in [2.45, 2.75) is 25.9 Å². The first kappa shape index (κ1) is 25.4. The van der Waals surface area contributed by atoms with Crippen molar-refractivity contribution < 1.29 is 17.9 Å². The number of ether oxygens (including phenoxy) is 1. The molecule has 0 aliphatic heterocycles. The van der Waals surface area contributed by atoms with Crippen LogP contribution in [0.5, 0.6) is 5.75 Å². The van der Waals surface area contributed by atoms with E-state index in [1.165, 1.54) is 6.07 Å². The lowest BCUT2D eigenvalue weighted by atomic mass is 10.1. The van der Waals surface area contributed by atoms with E-state index in [0.29, 0.717) is 24.7 Å². The molecule has 3 rings (SSSR count). The zero-order valence-corrected chi connectivity index (χ0v) is 19.7. The minimum absolute atomic E-state index is 0. The number of rotatable bonds is 7. The molecule has 2 aromatic carbocycles. The van der Waals surface area contributed by atoms with E-state index >= 15 is 0 Å². The van der Waals surface area contributed by atoms with Gasteiger partial charge in [-0.15, -0.1) is 24.0 Å². The van der Waals surface area contributed by atoms with E-state index in [9.17, 15) is 13.2 Å². The normalized spacial score (nSPS) is 11.4. The third-order valence-electron chi connectivity index (χ3n) is 4.43. The fourth-order valence-corrected chi connectivity index (χ4v) is 2.79. The van der Waals surface area contributed by atoms with Gasteiger partial charge in [0, 0.05) is 26.3 Å². The number of alkyl halides is 3. The number of halogens is 4. The van der Waals surface area contributed by atoms with Crippen LogP contribution in [0.15, 0.2) is 77.9 Å². The van der Waals surface area contributed by atoms with Gasteiger partial charge >= 0.3 is 6.18 Å². The number of nitrogens with one attached hydrogen (secondary N) is 2. The summed E-state index contributed by atoms with van der Waals surface area (Å²) >= 11 is 0. The van der Waals surface area contributed by atoms with E-state index in [0.717, 1.165) is 29.1 Å². The molecule has 0 radical (unpaired) electrons. The summed E-state index contributed by atoms with van der Waals surface area (Å²) in [6, 6.07) is 18.5. The molecule has 0 amide bonds. The van der Waals surface area contributed by atoms with Crippen LogP contribution in [0.2, 0.25) is 0 Å². The smallest absolute Gasteiger partial charge is 0.416 e. The number of hydrogen-bond donors (Lipinski definition) is 2. The van der Waals surface area contributed by atoms with Crippen LogP contribution < -0.4 is 15.4 Å². The second kappa shape index (κ2) is 12.3. The first-order chi connectivity index (χ1) is 14.9. The van der Waals surface area contributed by atoms with Crippen molar-refractivity contribution in [1.29, 1.82) is 0 Å². The van der Waals surface area contributed by atoms with Crippen molar-refractivity contribution in [3.63, 3.8) is 0 Å². The maximum atomic E-state index is 12.8. The number of guanidine groups is 1. The topological polar surface area (TPSA) is 58.5 Å². The predicted octanol–water partition coefficient (Wildman–Crippen LogP) is 5.16. The van der Waals surface area contributed by atoms with Gasteiger partial charge in [-0.05, 0) is 47.5 Å². The molecular formula is C23H24F3IN4O. The summed E-state index contributed by atoms with van der Waals surface area (Å²) in [5, 5.41) is 6.17. The summed E-state index contributed by atoms with van der Waals surface area (Å²) in [4.78, 5) is 8.33. The summed E-state index contributed by atoms with van der Waals surface area (Å²) in [5.74, 6) is 1.23. The van der Waals surface area contributed by atoms with Crippen LogP contribution in [0.3, 0.4) is 0 Å². The van der Waals surface area contributed by atoms with E-state index in [1.807, 2.05) is 42.5 Å². The van der Waals surface area contributed by atoms with Crippen molar-refractivity contribution in [1.82, 2.24) is 15.6 Å². The first-order valence-electron chi connectivity index (χ1n) is 9.66. The maximum absolute atomic E-state index is 12.8. The number of aliphatic imine (C=N–C) groups is 1. The highest BCUT2D eigenvalue weighted by Gasteiger charge is 2.30. The van der Waals surface area contributed by atoms with E-state index in [1.54, 1.807) is 19.3 Å². The molecule has 2 N–H and O–H groups in total. The second-order valence-corrected chi connectivity index (χ2v) is 6.73. The van der Waals surface area contributed by atoms with Crippen LogP contribution in [0, 0.1) is 0 Å². The quantitative estimate of drug-likeness (QED) is 0.240. The van der Waals surface area contributed by atoms with Gasteiger partial charge in [0.1, 0.15) is 12.4 Å². The maximum Gasteiger partial charge on any atom is 0.416 e. The summed E-state index contributed by atoms with van der Waals surface area (Å²) in [6.45, 7) is 1.12. The third kappa shape index (κ3) is 8.03. The number of pyridine rings is 1. The molecule has 32 heavy (non-hydrogen) atoms. The summed E-state index contributed by atoms with van der Waals surface area (Å²) < 4.78 is 44.2. The van der Waals surface area contributed by atoms with Crippen molar-refractivity contribution in [3.05, 3.63) is 95.3 Å². The Balaban J connectivity index is 0.00000363. The van der Waals surface area contributed by atoms with Crippen molar-refractivity contribution in [2.24, 2.45) is 4.99 Å². The van der Waals surface area contributed by atoms with E-state index < -0.39 is 11.7 Å². The minimum atomic E-state index is -4.36. The molecular weight excluding hydrogens is 532 g/mol. The monoisotopic (exact) mass is 556 g/mol. The largest absolute Gasteiger partial charge is 0.487 e. The first-order valence-corrected chi connectivity index (χ1v) is 9.66. The zero-order chi connectivity index (χ0) is 22.1. The molecule has 0 saturated heterocycles. The Kier molecular flexibility index (Phi) is 9.76. The van der Waals surface area contributed by atoms with Gasteiger partial charge in [-0.1, -0.05) is 30.3 Å². The van der Waals surface area contributed by atoms with E-state index in [4.69, 9.17) is 4.74 Å². The van der Waals surface area contributed by atoms with E-state index in [2.05, 4.69) is 20.6 Å². The van der Waals surface area contributed by atoms with Crippen molar-refractivity contribution in [2.75, 3.05) is 7.05 Å². The molecule has 1 aromatic heterocycles. The van der Waals surface area contributed by atoms with Gasteiger partial charge in [-0.3, -0.25) is 9.98 Å². The molecule has 3 aromatic rings. The Hall–Kier alpha value is -2.82. The predicted molar refractivity (Wildman–Crippen MR) is 129 cm³/mol. The SMILES string of the molecule is CN=C(NCc1ccc(OCc2ccccn2)cc1)NCc1cccc(C(F)(F)F)c1.I. The molecule has 1 heterocycles. The van der Waals surface area contributed by atoms with Crippen molar-refractivity contribution in [3.8, 4) is 5.75 Å². The Morgan fingerprint density at radius 1 is 0.938 bits per heavy atom. The Morgan fingerprint density at radius 2 is 1.66 bits per heavy atom. The molecule has 9 heteroatoms.